The number of methoxy groups -OCH3 is 1. The summed E-state index contributed by atoms with van der Waals surface area (Å²) in [4.78, 5) is 17.2. The Morgan fingerprint density at radius 3 is 2.27 bits per heavy atom. The van der Waals surface area contributed by atoms with Gasteiger partial charge in [0.2, 0.25) is 0 Å². The zero-order valence-electron chi connectivity index (χ0n) is 14.5. The molecule has 3 aromatic rings. The Morgan fingerprint density at radius 1 is 1.00 bits per heavy atom. The maximum absolute atomic E-state index is 12.3. The number of pyridine rings is 1. The summed E-state index contributed by atoms with van der Waals surface area (Å²) in [5, 5.41) is 2.85. The van der Waals surface area contributed by atoms with Crippen LogP contribution in [0, 0.1) is 0 Å². The minimum Gasteiger partial charge on any atom is -0.497 e. The monoisotopic (exact) mass is 365 g/mol. The number of nitrogens with zero attached hydrogens (tertiary/aromatic N) is 2. The van der Waals surface area contributed by atoms with Gasteiger partial charge in [0.1, 0.15) is 5.75 Å². The maximum Gasteiger partial charge on any atom is 0.255 e. The number of hydrogen-bond acceptors (Lipinski definition) is 5. The highest BCUT2D eigenvalue weighted by molar-refractivity contribution is 8.00. The molecule has 1 amide bonds. The minimum absolute atomic E-state index is 0.142. The summed E-state index contributed by atoms with van der Waals surface area (Å²) in [6.45, 7) is 0. The molecule has 2 aromatic carbocycles. The molecule has 0 aliphatic heterocycles. The van der Waals surface area contributed by atoms with E-state index in [1.54, 1.807) is 43.6 Å². The molecule has 0 spiro atoms. The van der Waals surface area contributed by atoms with E-state index in [9.17, 15) is 4.79 Å². The molecular weight excluding hydrogens is 346 g/mol. The van der Waals surface area contributed by atoms with Gasteiger partial charge in [0.25, 0.3) is 5.91 Å². The molecule has 0 aliphatic rings. The van der Waals surface area contributed by atoms with Crippen LogP contribution >= 0.6 is 11.9 Å². The van der Waals surface area contributed by atoms with Crippen LogP contribution in [0.15, 0.2) is 78.0 Å². The predicted octanol–water partition coefficient (Wildman–Crippen LogP) is 4.49. The van der Waals surface area contributed by atoms with Gasteiger partial charge in [-0.15, -0.1) is 0 Å². The van der Waals surface area contributed by atoms with Crippen molar-refractivity contribution in [1.82, 2.24) is 4.98 Å². The molecule has 3 rings (SSSR count). The third kappa shape index (κ3) is 4.55. The molecule has 1 heterocycles. The summed E-state index contributed by atoms with van der Waals surface area (Å²) in [6.07, 6.45) is 3.29. The van der Waals surface area contributed by atoms with Crippen LogP contribution in [0.1, 0.15) is 10.4 Å². The Balaban J connectivity index is 1.62. The number of nitrogens with one attached hydrogen (secondary N) is 1. The third-order valence-corrected chi connectivity index (χ3v) is 4.70. The van der Waals surface area contributed by atoms with Gasteiger partial charge < -0.3 is 14.4 Å². The largest absolute Gasteiger partial charge is 0.497 e. The average molecular weight is 365 g/mol. The van der Waals surface area contributed by atoms with Gasteiger partial charge in [0.05, 0.1) is 7.11 Å². The quantitative estimate of drug-likeness (QED) is 0.653. The fraction of sp³-hybridized carbons (Fsp3) is 0.100. The molecule has 0 atom stereocenters. The van der Waals surface area contributed by atoms with Crippen LogP contribution in [-0.2, 0) is 0 Å². The number of ether oxygens (including phenoxy) is 1. The Morgan fingerprint density at radius 2 is 1.65 bits per heavy atom. The highest BCUT2D eigenvalue weighted by Crippen LogP contribution is 2.28. The molecule has 132 valence electrons. The van der Waals surface area contributed by atoms with Crippen LogP contribution in [0.2, 0.25) is 0 Å². The predicted molar refractivity (Wildman–Crippen MR) is 106 cm³/mol. The fourth-order valence-electron chi connectivity index (χ4n) is 2.31. The second kappa shape index (κ2) is 8.40. The van der Waals surface area contributed by atoms with Gasteiger partial charge in [-0.25, -0.2) is 0 Å². The maximum atomic E-state index is 12.3. The van der Waals surface area contributed by atoms with Crippen LogP contribution in [-0.4, -0.2) is 25.0 Å². The molecule has 0 aliphatic carbocycles. The Labute approximate surface area is 157 Å². The number of aromatic nitrogens is 1. The van der Waals surface area contributed by atoms with E-state index in [1.807, 2.05) is 55.6 Å². The Bertz CT molecular complexity index is 852. The molecule has 26 heavy (non-hydrogen) atoms. The van der Waals surface area contributed by atoms with Gasteiger partial charge in [-0.3, -0.25) is 9.78 Å². The highest BCUT2D eigenvalue weighted by atomic mass is 32.2. The highest BCUT2D eigenvalue weighted by Gasteiger charge is 2.08. The summed E-state index contributed by atoms with van der Waals surface area (Å²) in [5.41, 5.74) is 2.40. The van der Waals surface area contributed by atoms with Crippen LogP contribution < -0.4 is 14.4 Å². The number of hydrogen-bond donors (Lipinski definition) is 1. The Kier molecular flexibility index (Phi) is 5.76. The topological polar surface area (TPSA) is 54.5 Å². The van der Waals surface area contributed by atoms with Gasteiger partial charge in [-0.05, 0) is 72.6 Å². The van der Waals surface area contributed by atoms with E-state index in [0.717, 1.165) is 22.0 Å². The van der Waals surface area contributed by atoms with E-state index in [4.69, 9.17) is 4.74 Å². The van der Waals surface area contributed by atoms with Crippen molar-refractivity contribution in [1.29, 1.82) is 0 Å². The summed E-state index contributed by atoms with van der Waals surface area (Å²) < 4.78 is 7.24. The number of benzene rings is 2. The molecule has 5 nitrogen and oxygen atoms in total. The number of carbonyl (C=O) groups excluding carboxylic acids is 1. The lowest BCUT2D eigenvalue weighted by Crippen LogP contribution is -2.11. The van der Waals surface area contributed by atoms with Gasteiger partial charge in [0.15, 0.2) is 0 Å². The molecule has 0 fully saturated rings. The Hall–Kier alpha value is -2.99. The molecule has 0 saturated carbocycles. The normalized spacial score (nSPS) is 10.2. The van der Waals surface area contributed by atoms with Crippen LogP contribution in [0.4, 0.5) is 11.4 Å². The van der Waals surface area contributed by atoms with Crippen LogP contribution in [0.5, 0.6) is 5.75 Å². The van der Waals surface area contributed by atoms with Crippen molar-refractivity contribution >= 4 is 29.2 Å². The fourth-order valence-corrected chi connectivity index (χ4v) is 3.11. The first kappa shape index (κ1) is 17.8. The number of anilines is 2. The molecule has 6 heteroatoms. The number of rotatable bonds is 6. The van der Waals surface area contributed by atoms with Gasteiger partial charge in [0, 0.05) is 41.3 Å². The van der Waals surface area contributed by atoms with E-state index < -0.39 is 0 Å². The molecule has 0 bridgehead atoms. The van der Waals surface area contributed by atoms with Crippen molar-refractivity contribution in [2.24, 2.45) is 0 Å². The molecule has 1 aromatic heterocycles. The van der Waals surface area contributed by atoms with Gasteiger partial charge in [-0.1, -0.05) is 0 Å². The first-order valence-electron chi connectivity index (χ1n) is 8.03. The number of carbonyl (C=O) groups is 1. The van der Waals surface area contributed by atoms with Crippen molar-refractivity contribution in [3.8, 4) is 5.75 Å². The first-order chi connectivity index (χ1) is 12.7. The smallest absolute Gasteiger partial charge is 0.255 e. The standard InChI is InChI=1S/C20H19N3O2S/c1-23(17-5-7-18(25-2)8-6-17)26-19-9-3-15(4-10-19)20(24)22-16-11-13-21-14-12-16/h3-14H,1-2H3,(H,21,22,24). The van der Waals surface area contributed by atoms with E-state index in [2.05, 4.69) is 14.6 Å². The average Bonchev–Trinajstić information content (AvgIpc) is 2.69. The summed E-state index contributed by atoms with van der Waals surface area (Å²) in [7, 11) is 3.65. The van der Waals surface area contributed by atoms with Crippen molar-refractivity contribution in [2.45, 2.75) is 4.90 Å². The van der Waals surface area contributed by atoms with Crippen LogP contribution in [0.3, 0.4) is 0 Å². The van der Waals surface area contributed by atoms with Crippen molar-refractivity contribution < 1.29 is 9.53 Å². The third-order valence-electron chi connectivity index (χ3n) is 3.73. The van der Waals surface area contributed by atoms with Crippen molar-refractivity contribution in [3.05, 3.63) is 78.6 Å². The van der Waals surface area contributed by atoms with Gasteiger partial charge in [-0.2, -0.15) is 0 Å². The zero-order valence-corrected chi connectivity index (χ0v) is 15.4. The molecule has 0 radical (unpaired) electrons. The zero-order chi connectivity index (χ0) is 18.4. The van der Waals surface area contributed by atoms with E-state index in [1.165, 1.54) is 0 Å². The van der Waals surface area contributed by atoms with Crippen LogP contribution in [0.25, 0.3) is 0 Å². The van der Waals surface area contributed by atoms with E-state index in [0.29, 0.717) is 5.56 Å². The SMILES string of the molecule is COc1ccc(N(C)Sc2ccc(C(=O)Nc3ccncc3)cc2)cc1. The first-order valence-corrected chi connectivity index (χ1v) is 8.80. The van der Waals surface area contributed by atoms with Crippen molar-refractivity contribution in [3.63, 3.8) is 0 Å². The van der Waals surface area contributed by atoms with E-state index in [-0.39, 0.29) is 5.91 Å². The lowest BCUT2D eigenvalue weighted by Gasteiger charge is -2.18. The number of amides is 1. The lowest BCUT2D eigenvalue weighted by molar-refractivity contribution is 0.102. The minimum atomic E-state index is -0.142. The molecule has 0 unspecified atom stereocenters. The van der Waals surface area contributed by atoms with Crippen molar-refractivity contribution in [2.75, 3.05) is 23.8 Å². The second-order valence-electron chi connectivity index (χ2n) is 5.50. The summed E-state index contributed by atoms with van der Waals surface area (Å²) >= 11 is 1.59. The summed E-state index contributed by atoms with van der Waals surface area (Å²) in [5.74, 6) is 0.688. The summed E-state index contributed by atoms with van der Waals surface area (Å²) in [6, 6.07) is 18.9. The lowest BCUT2D eigenvalue weighted by atomic mass is 10.2. The van der Waals surface area contributed by atoms with Gasteiger partial charge >= 0.3 is 0 Å². The molecule has 1 N–H and O–H groups in total. The molecular formula is C20H19N3O2S. The molecule has 0 saturated heterocycles. The second-order valence-corrected chi connectivity index (χ2v) is 6.70. The van der Waals surface area contributed by atoms with E-state index >= 15 is 0 Å².